The lowest BCUT2D eigenvalue weighted by Gasteiger charge is -2.10. The highest BCUT2D eigenvalue weighted by atomic mass is 16.5. The molecular formula is C20H18N2O4. The summed E-state index contributed by atoms with van der Waals surface area (Å²) in [5, 5.41) is 5.09. The van der Waals surface area contributed by atoms with Crippen LogP contribution in [0.25, 0.3) is 10.8 Å². The molecule has 0 aliphatic heterocycles. The topological polar surface area (TPSA) is 78.3 Å². The van der Waals surface area contributed by atoms with E-state index in [1.165, 1.54) is 11.6 Å². The average Bonchev–Trinajstić information content (AvgIpc) is 2.64. The second kappa shape index (κ2) is 7.31. The number of ketones is 1. The van der Waals surface area contributed by atoms with Gasteiger partial charge in [0.05, 0.1) is 5.39 Å². The standard InChI is InChI=1S/C20H18N2O4/c1-3-12-22-19(24)17-7-5-4-6-16(17)18(21-22)20(25)26-15-10-8-14(9-11-15)13(2)23/h4-11H,3,12H2,1-2H3. The Bertz CT molecular complexity index is 1040. The van der Waals surface area contributed by atoms with Crippen molar-refractivity contribution in [2.45, 2.75) is 26.8 Å². The zero-order valence-electron chi connectivity index (χ0n) is 14.6. The SMILES string of the molecule is CCCn1nc(C(=O)Oc2ccc(C(C)=O)cc2)c2ccccc2c1=O. The summed E-state index contributed by atoms with van der Waals surface area (Å²) in [6.45, 7) is 3.81. The molecule has 0 bridgehead atoms. The maximum atomic E-state index is 12.6. The van der Waals surface area contributed by atoms with Crippen molar-refractivity contribution in [1.29, 1.82) is 0 Å². The molecule has 0 atom stereocenters. The number of hydrogen-bond donors (Lipinski definition) is 0. The van der Waals surface area contributed by atoms with Gasteiger partial charge in [-0.15, -0.1) is 0 Å². The first-order chi connectivity index (χ1) is 12.5. The second-order valence-corrected chi connectivity index (χ2v) is 5.89. The third kappa shape index (κ3) is 3.39. The molecule has 0 saturated heterocycles. The lowest BCUT2D eigenvalue weighted by atomic mass is 10.1. The van der Waals surface area contributed by atoms with Gasteiger partial charge >= 0.3 is 5.97 Å². The smallest absolute Gasteiger partial charge is 0.364 e. The van der Waals surface area contributed by atoms with E-state index in [1.54, 1.807) is 48.5 Å². The number of esters is 1. The molecule has 0 amide bonds. The normalized spacial score (nSPS) is 10.7. The van der Waals surface area contributed by atoms with Gasteiger partial charge in [0.15, 0.2) is 11.5 Å². The van der Waals surface area contributed by atoms with Gasteiger partial charge in [-0.3, -0.25) is 9.59 Å². The number of Topliss-reactive ketones (excluding diaryl/α,β-unsaturated/α-hetero) is 1. The molecular weight excluding hydrogens is 332 g/mol. The van der Waals surface area contributed by atoms with E-state index in [4.69, 9.17) is 4.74 Å². The summed E-state index contributed by atoms with van der Waals surface area (Å²) in [5.41, 5.74) is 0.388. The molecule has 0 fully saturated rings. The van der Waals surface area contributed by atoms with Gasteiger partial charge < -0.3 is 4.74 Å². The van der Waals surface area contributed by atoms with Crippen molar-refractivity contribution in [3.63, 3.8) is 0 Å². The molecule has 3 aromatic rings. The number of carbonyl (C=O) groups is 2. The molecule has 1 heterocycles. The quantitative estimate of drug-likeness (QED) is 0.401. The number of hydrogen-bond acceptors (Lipinski definition) is 5. The molecule has 0 N–H and O–H groups in total. The fourth-order valence-electron chi connectivity index (χ4n) is 2.66. The van der Waals surface area contributed by atoms with Gasteiger partial charge in [-0.25, -0.2) is 9.48 Å². The van der Waals surface area contributed by atoms with E-state index in [2.05, 4.69) is 5.10 Å². The summed E-state index contributed by atoms with van der Waals surface area (Å²) >= 11 is 0. The number of ether oxygens (including phenoxy) is 1. The van der Waals surface area contributed by atoms with Gasteiger partial charge in [0.2, 0.25) is 0 Å². The van der Waals surface area contributed by atoms with Gasteiger partial charge in [-0.05, 0) is 43.7 Å². The van der Waals surface area contributed by atoms with Gasteiger partial charge in [0.1, 0.15) is 5.75 Å². The van der Waals surface area contributed by atoms with Crippen LogP contribution < -0.4 is 10.3 Å². The first kappa shape index (κ1) is 17.5. The van der Waals surface area contributed by atoms with Crippen LogP contribution in [0.2, 0.25) is 0 Å². The van der Waals surface area contributed by atoms with Crippen molar-refractivity contribution in [3.05, 3.63) is 70.1 Å². The van der Waals surface area contributed by atoms with Crippen LogP contribution in [0.3, 0.4) is 0 Å². The van der Waals surface area contributed by atoms with Crippen LogP contribution in [-0.4, -0.2) is 21.5 Å². The van der Waals surface area contributed by atoms with E-state index in [-0.39, 0.29) is 17.0 Å². The zero-order valence-corrected chi connectivity index (χ0v) is 14.6. The van der Waals surface area contributed by atoms with Gasteiger partial charge in [-0.1, -0.05) is 25.1 Å². The molecule has 132 valence electrons. The Kier molecular flexibility index (Phi) is 4.93. The Hall–Kier alpha value is -3.28. The number of aromatic nitrogens is 2. The molecule has 0 aliphatic carbocycles. The summed E-state index contributed by atoms with van der Waals surface area (Å²) in [6.07, 6.45) is 0.715. The Morgan fingerprint density at radius 3 is 2.31 bits per heavy atom. The van der Waals surface area contributed by atoms with E-state index < -0.39 is 5.97 Å². The lowest BCUT2D eigenvalue weighted by molar-refractivity contribution is 0.0728. The number of carbonyl (C=O) groups excluding carboxylic acids is 2. The van der Waals surface area contributed by atoms with Crippen molar-refractivity contribution in [2.24, 2.45) is 0 Å². The highest BCUT2D eigenvalue weighted by Gasteiger charge is 2.18. The summed E-state index contributed by atoms with van der Waals surface area (Å²) in [5.74, 6) is -0.414. The minimum Gasteiger partial charge on any atom is -0.422 e. The lowest BCUT2D eigenvalue weighted by Crippen LogP contribution is -2.27. The Morgan fingerprint density at radius 2 is 1.69 bits per heavy atom. The third-order valence-corrected chi connectivity index (χ3v) is 3.97. The molecule has 3 rings (SSSR count). The summed E-state index contributed by atoms with van der Waals surface area (Å²) in [7, 11) is 0. The van der Waals surface area contributed by atoms with Crippen LogP contribution in [0.5, 0.6) is 5.75 Å². The van der Waals surface area contributed by atoms with E-state index >= 15 is 0 Å². The van der Waals surface area contributed by atoms with Crippen molar-refractivity contribution in [3.8, 4) is 5.75 Å². The number of rotatable bonds is 5. The van der Waals surface area contributed by atoms with Crippen LogP contribution in [0, 0.1) is 0 Å². The molecule has 0 unspecified atom stereocenters. The van der Waals surface area contributed by atoms with Crippen molar-refractivity contribution in [1.82, 2.24) is 9.78 Å². The zero-order chi connectivity index (χ0) is 18.7. The van der Waals surface area contributed by atoms with Crippen LogP contribution in [0.1, 0.15) is 41.1 Å². The monoisotopic (exact) mass is 350 g/mol. The first-order valence-electron chi connectivity index (χ1n) is 8.34. The third-order valence-electron chi connectivity index (χ3n) is 3.97. The highest BCUT2D eigenvalue weighted by molar-refractivity contribution is 6.03. The fourth-order valence-corrected chi connectivity index (χ4v) is 2.66. The maximum absolute atomic E-state index is 12.6. The van der Waals surface area contributed by atoms with Crippen molar-refractivity contribution < 1.29 is 14.3 Å². The number of aryl methyl sites for hydroxylation is 1. The highest BCUT2D eigenvalue weighted by Crippen LogP contribution is 2.18. The largest absolute Gasteiger partial charge is 0.422 e. The predicted octanol–water partition coefficient (Wildman–Crippen LogP) is 3.23. The van der Waals surface area contributed by atoms with E-state index in [0.29, 0.717) is 35.1 Å². The molecule has 6 heteroatoms. The molecule has 0 spiro atoms. The van der Waals surface area contributed by atoms with Gasteiger partial charge in [0.25, 0.3) is 5.56 Å². The van der Waals surface area contributed by atoms with Crippen LogP contribution >= 0.6 is 0 Å². The molecule has 26 heavy (non-hydrogen) atoms. The van der Waals surface area contributed by atoms with Crippen LogP contribution in [0.15, 0.2) is 53.3 Å². The molecule has 0 radical (unpaired) electrons. The maximum Gasteiger partial charge on any atom is 0.364 e. The first-order valence-corrected chi connectivity index (χ1v) is 8.34. The number of benzene rings is 2. The fraction of sp³-hybridized carbons (Fsp3) is 0.200. The number of fused-ring (bicyclic) bond motifs is 1. The Labute approximate surface area is 150 Å². The minimum absolute atomic E-state index is 0.0674. The molecule has 2 aromatic carbocycles. The summed E-state index contributed by atoms with van der Waals surface area (Å²) in [6, 6.07) is 13.1. The summed E-state index contributed by atoms with van der Waals surface area (Å²) in [4.78, 5) is 36.4. The Morgan fingerprint density at radius 1 is 1.04 bits per heavy atom. The van der Waals surface area contributed by atoms with E-state index in [0.717, 1.165) is 0 Å². The minimum atomic E-state index is -0.651. The van der Waals surface area contributed by atoms with Gasteiger partial charge in [0, 0.05) is 17.5 Å². The van der Waals surface area contributed by atoms with Crippen LogP contribution in [-0.2, 0) is 6.54 Å². The van der Waals surface area contributed by atoms with Gasteiger partial charge in [-0.2, -0.15) is 5.10 Å². The summed E-state index contributed by atoms with van der Waals surface area (Å²) < 4.78 is 6.68. The Balaban J connectivity index is 2.00. The van der Waals surface area contributed by atoms with Crippen LogP contribution in [0.4, 0.5) is 0 Å². The molecule has 1 aromatic heterocycles. The molecule has 0 aliphatic rings. The van der Waals surface area contributed by atoms with E-state index in [9.17, 15) is 14.4 Å². The van der Waals surface area contributed by atoms with E-state index in [1.807, 2.05) is 6.92 Å². The van der Waals surface area contributed by atoms with Crippen molar-refractivity contribution in [2.75, 3.05) is 0 Å². The van der Waals surface area contributed by atoms with Crippen molar-refractivity contribution >= 4 is 22.5 Å². The molecule has 0 saturated carbocycles. The average molecular weight is 350 g/mol. The predicted molar refractivity (Wildman–Crippen MR) is 97.7 cm³/mol. The molecule has 6 nitrogen and oxygen atoms in total. The number of nitrogens with zero attached hydrogens (tertiary/aromatic N) is 2. The second-order valence-electron chi connectivity index (χ2n) is 5.89.